The molecule has 0 saturated carbocycles. The Balaban J connectivity index is 2.76. The van der Waals surface area contributed by atoms with Gasteiger partial charge in [0.05, 0.1) is 11.7 Å². The maximum absolute atomic E-state index is 11.2. The van der Waals surface area contributed by atoms with E-state index < -0.39 is 0 Å². The molecule has 1 heterocycles. The van der Waals surface area contributed by atoms with Gasteiger partial charge >= 0.3 is 0 Å². The van der Waals surface area contributed by atoms with Crippen molar-refractivity contribution in [1.29, 1.82) is 0 Å². The highest BCUT2D eigenvalue weighted by atomic mass is 16.1. The van der Waals surface area contributed by atoms with E-state index in [0.717, 1.165) is 17.8 Å². The number of hydrogen-bond donors (Lipinski definition) is 1. The maximum Gasteiger partial charge on any atom is 0.220 e. The molecule has 1 atom stereocenters. The van der Waals surface area contributed by atoms with Crippen LogP contribution in [0, 0.1) is 6.92 Å². The van der Waals surface area contributed by atoms with Crippen molar-refractivity contribution in [3.8, 4) is 0 Å². The fraction of sp³-hybridized carbons (Fsp3) is 0.636. The minimum Gasteiger partial charge on any atom is -0.349 e. The lowest BCUT2D eigenvalue weighted by Crippen LogP contribution is -2.25. The molecule has 1 aromatic rings. The monoisotopic (exact) mass is 209 g/mol. The van der Waals surface area contributed by atoms with E-state index >= 15 is 0 Å². The third-order valence-corrected chi connectivity index (χ3v) is 2.47. The fourth-order valence-electron chi connectivity index (χ4n) is 1.54. The number of hydrogen-bond acceptors (Lipinski definition) is 2. The molecule has 1 unspecified atom stereocenters. The second kappa shape index (κ2) is 4.96. The Hall–Kier alpha value is -1.32. The van der Waals surface area contributed by atoms with E-state index in [2.05, 4.69) is 10.4 Å². The Labute approximate surface area is 90.7 Å². The lowest BCUT2D eigenvalue weighted by Gasteiger charge is -2.11. The van der Waals surface area contributed by atoms with Crippen LogP contribution in [0.5, 0.6) is 0 Å². The summed E-state index contributed by atoms with van der Waals surface area (Å²) in [7, 11) is 0. The molecule has 1 amide bonds. The predicted octanol–water partition coefficient (Wildman–Crippen LogP) is 1.80. The molecule has 0 radical (unpaired) electrons. The summed E-state index contributed by atoms with van der Waals surface area (Å²) in [5, 5.41) is 7.28. The first-order valence-electron chi connectivity index (χ1n) is 5.41. The fourth-order valence-corrected chi connectivity index (χ4v) is 1.54. The Kier molecular flexibility index (Phi) is 3.88. The van der Waals surface area contributed by atoms with Crippen LogP contribution >= 0.6 is 0 Å². The third-order valence-electron chi connectivity index (χ3n) is 2.47. The molecule has 0 fully saturated rings. The van der Waals surface area contributed by atoms with Crippen molar-refractivity contribution in [2.24, 2.45) is 0 Å². The average molecular weight is 209 g/mol. The van der Waals surface area contributed by atoms with E-state index in [1.165, 1.54) is 0 Å². The van der Waals surface area contributed by atoms with Crippen molar-refractivity contribution in [2.45, 2.75) is 46.7 Å². The smallest absolute Gasteiger partial charge is 0.220 e. The van der Waals surface area contributed by atoms with Gasteiger partial charge in [-0.05, 0) is 20.8 Å². The van der Waals surface area contributed by atoms with Crippen LogP contribution in [0.25, 0.3) is 0 Å². The zero-order valence-electron chi connectivity index (χ0n) is 9.87. The Morgan fingerprint density at radius 2 is 2.27 bits per heavy atom. The summed E-state index contributed by atoms with van der Waals surface area (Å²) in [6.07, 6.45) is 2.52. The van der Waals surface area contributed by atoms with Crippen molar-refractivity contribution in [3.05, 3.63) is 17.5 Å². The van der Waals surface area contributed by atoms with Gasteiger partial charge in [0.25, 0.3) is 0 Å². The first kappa shape index (κ1) is 11.8. The van der Waals surface area contributed by atoms with Crippen LogP contribution in [-0.4, -0.2) is 15.7 Å². The molecule has 0 bridgehead atoms. The minimum atomic E-state index is 0.0396. The van der Waals surface area contributed by atoms with Gasteiger partial charge in [-0.1, -0.05) is 6.92 Å². The summed E-state index contributed by atoms with van der Waals surface area (Å²) in [5.74, 6) is 0.0751. The molecule has 4 heteroatoms. The van der Waals surface area contributed by atoms with Crippen molar-refractivity contribution in [3.63, 3.8) is 0 Å². The van der Waals surface area contributed by atoms with E-state index in [0.29, 0.717) is 6.42 Å². The number of carbonyl (C=O) groups excluding carboxylic acids is 1. The van der Waals surface area contributed by atoms with Crippen LogP contribution in [0.2, 0.25) is 0 Å². The highest BCUT2D eigenvalue weighted by Crippen LogP contribution is 2.15. The Bertz CT molecular complexity index is 344. The molecule has 0 aliphatic heterocycles. The first-order valence-corrected chi connectivity index (χ1v) is 5.41. The molecule has 84 valence electrons. The van der Waals surface area contributed by atoms with Gasteiger partial charge in [0.1, 0.15) is 0 Å². The third kappa shape index (κ3) is 2.81. The molecule has 0 spiro atoms. The van der Waals surface area contributed by atoms with Crippen LogP contribution in [-0.2, 0) is 11.3 Å². The van der Waals surface area contributed by atoms with E-state index in [1.54, 1.807) is 0 Å². The van der Waals surface area contributed by atoms with E-state index in [9.17, 15) is 4.79 Å². The Morgan fingerprint density at radius 1 is 1.60 bits per heavy atom. The molecule has 15 heavy (non-hydrogen) atoms. The standard InChI is InChI=1S/C11H19N3O/c1-5-11(15)12-8(3)10-7-14(6-2)13-9(10)4/h7-8H,5-6H2,1-4H3,(H,12,15). The van der Waals surface area contributed by atoms with Crippen molar-refractivity contribution in [1.82, 2.24) is 15.1 Å². The topological polar surface area (TPSA) is 46.9 Å². The first-order chi connectivity index (χ1) is 7.08. The molecule has 1 aromatic heterocycles. The second-order valence-corrected chi connectivity index (χ2v) is 3.67. The summed E-state index contributed by atoms with van der Waals surface area (Å²) < 4.78 is 1.89. The SMILES string of the molecule is CCC(=O)NC(C)c1cn(CC)nc1C. The summed E-state index contributed by atoms with van der Waals surface area (Å²) in [6, 6.07) is 0.0396. The number of aryl methyl sites for hydroxylation is 2. The molecular weight excluding hydrogens is 190 g/mol. The van der Waals surface area contributed by atoms with Crippen LogP contribution in [0.15, 0.2) is 6.20 Å². The highest BCUT2D eigenvalue weighted by molar-refractivity contribution is 5.76. The number of rotatable bonds is 4. The van der Waals surface area contributed by atoms with Gasteiger partial charge in [-0.2, -0.15) is 5.10 Å². The number of nitrogens with one attached hydrogen (secondary N) is 1. The summed E-state index contributed by atoms with van der Waals surface area (Å²) in [5.41, 5.74) is 2.08. The quantitative estimate of drug-likeness (QED) is 0.822. The van der Waals surface area contributed by atoms with Gasteiger partial charge in [-0.15, -0.1) is 0 Å². The van der Waals surface area contributed by atoms with Crippen LogP contribution in [0.1, 0.15) is 44.5 Å². The molecular formula is C11H19N3O. The lowest BCUT2D eigenvalue weighted by atomic mass is 10.1. The summed E-state index contributed by atoms with van der Waals surface area (Å²) in [4.78, 5) is 11.2. The van der Waals surface area contributed by atoms with Gasteiger partial charge in [0, 0.05) is 24.7 Å². The van der Waals surface area contributed by atoms with Crippen molar-refractivity contribution < 1.29 is 4.79 Å². The number of carbonyl (C=O) groups is 1. The lowest BCUT2D eigenvalue weighted by molar-refractivity contribution is -0.121. The van der Waals surface area contributed by atoms with Crippen LogP contribution < -0.4 is 5.32 Å². The molecule has 0 aromatic carbocycles. The van der Waals surface area contributed by atoms with E-state index in [4.69, 9.17) is 0 Å². The zero-order valence-corrected chi connectivity index (χ0v) is 9.87. The molecule has 4 nitrogen and oxygen atoms in total. The van der Waals surface area contributed by atoms with Crippen LogP contribution in [0.4, 0.5) is 0 Å². The molecule has 0 aliphatic carbocycles. The average Bonchev–Trinajstić information content (AvgIpc) is 2.59. The summed E-state index contributed by atoms with van der Waals surface area (Å²) >= 11 is 0. The minimum absolute atomic E-state index is 0.0396. The maximum atomic E-state index is 11.2. The van der Waals surface area contributed by atoms with Crippen molar-refractivity contribution >= 4 is 5.91 Å². The largest absolute Gasteiger partial charge is 0.349 e. The predicted molar refractivity (Wildman–Crippen MR) is 59.5 cm³/mol. The van der Waals surface area contributed by atoms with Gasteiger partial charge in [-0.3, -0.25) is 9.48 Å². The van der Waals surface area contributed by atoms with Gasteiger partial charge in [0.15, 0.2) is 0 Å². The Morgan fingerprint density at radius 3 is 2.73 bits per heavy atom. The zero-order chi connectivity index (χ0) is 11.4. The van der Waals surface area contributed by atoms with E-state index in [-0.39, 0.29) is 11.9 Å². The molecule has 0 aliphatic rings. The molecule has 1 N–H and O–H groups in total. The second-order valence-electron chi connectivity index (χ2n) is 3.67. The van der Waals surface area contributed by atoms with Gasteiger partial charge < -0.3 is 5.32 Å². The highest BCUT2D eigenvalue weighted by Gasteiger charge is 2.13. The molecule has 0 saturated heterocycles. The number of amides is 1. The van der Waals surface area contributed by atoms with Crippen molar-refractivity contribution in [2.75, 3.05) is 0 Å². The van der Waals surface area contributed by atoms with Gasteiger partial charge in [0.2, 0.25) is 5.91 Å². The van der Waals surface area contributed by atoms with E-state index in [1.807, 2.05) is 38.6 Å². The summed E-state index contributed by atoms with van der Waals surface area (Å²) in [6.45, 7) is 8.71. The normalized spacial score (nSPS) is 12.5. The van der Waals surface area contributed by atoms with Gasteiger partial charge in [-0.25, -0.2) is 0 Å². The molecule has 1 rings (SSSR count). The van der Waals surface area contributed by atoms with Crippen LogP contribution in [0.3, 0.4) is 0 Å². The number of aromatic nitrogens is 2. The number of nitrogens with zero attached hydrogens (tertiary/aromatic N) is 2.